The summed E-state index contributed by atoms with van der Waals surface area (Å²) in [6, 6.07) is 5.88. The number of halogens is 1. The second-order valence-electron chi connectivity index (χ2n) is 2.73. The van der Waals surface area contributed by atoms with Gasteiger partial charge in [-0.3, -0.25) is 4.18 Å². The third-order valence-corrected chi connectivity index (χ3v) is 3.12. The van der Waals surface area contributed by atoms with Gasteiger partial charge in [-0.25, -0.2) is 0 Å². The van der Waals surface area contributed by atoms with E-state index in [-0.39, 0.29) is 11.5 Å². The van der Waals surface area contributed by atoms with Gasteiger partial charge in [0.25, 0.3) is 10.1 Å². The van der Waals surface area contributed by atoms with E-state index < -0.39 is 10.1 Å². The van der Waals surface area contributed by atoms with Crippen molar-refractivity contribution in [3.05, 3.63) is 29.3 Å². The third-order valence-electron chi connectivity index (χ3n) is 1.54. The fourth-order valence-electron chi connectivity index (χ4n) is 0.862. The summed E-state index contributed by atoms with van der Waals surface area (Å²) in [6.07, 6.45) is 0.660. The lowest BCUT2D eigenvalue weighted by atomic mass is 10.4. The van der Waals surface area contributed by atoms with Crippen molar-refractivity contribution in [2.45, 2.75) is 18.2 Å². The monoisotopic (exact) mass is 234 g/mol. The molecule has 1 aromatic rings. The minimum absolute atomic E-state index is 0.135. The Labute approximate surface area is 88.8 Å². The van der Waals surface area contributed by atoms with Crippen molar-refractivity contribution in [3.8, 4) is 0 Å². The van der Waals surface area contributed by atoms with E-state index in [1.807, 2.05) is 6.92 Å². The van der Waals surface area contributed by atoms with Crippen LogP contribution < -0.4 is 0 Å². The number of hydrogen-bond donors (Lipinski definition) is 0. The second kappa shape index (κ2) is 4.77. The molecule has 0 N–H and O–H groups in total. The molecular weight excluding hydrogens is 224 g/mol. The molecule has 3 nitrogen and oxygen atoms in total. The Hall–Kier alpha value is -0.580. The van der Waals surface area contributed by atoms with Crippen LogP contribution in [0.3, 0.4) is 0 Å². The molecule has 0 heterocycles. The van der Waals surface area contributed by atoms with Gasteiger partial charge in [-0.1, -0.05) is 18.5 Å². The first kappa shape index (κ1) is 11.5. The van der Waals surface area contributed by atoms with Crippen LogP contribution in [0.4, 0.5) is 0 Å². The van der Waals surface area contributed by atoms with Crippen LogP contribution in [0.15, 0.2) is 29.2 Å². The standard InChI is InChI=1S/C9H11ClO3S/c1-2-7-13-14(11,12)9-5-3-8(10)4-6-9/h3-6H,2,7H2,1H3. The SMILES string of the molecule is CCCOS(=O)(=O)c1ccc(Cl)cc1. The molecule has 0 amide bonds. The zero-order chi connectivity index (χ0) is 10.6. The van der Waals surface area contributed by atoms with Gasteiger partial charge in [0.1, 0.15) is 0 Å². The zero-order valence-electron chi connectivity index (χ0n) is 7.73. The van der Waals surface area contributed by atoms with Gasteiger partial charge in [0.15, 0.2) is 0 Å². The summed E-state index contributed by atoms with van der Waals surface area (Å²) in [5.41, 5.74) is 0. The van der Waals surface area contributed by atoms with Gasteiger partial charge in [-0.15, -0.1) is 0 Å². The van der Waals surface area contributed by atoms with E-state index in [9.17, 15) is 8.42 Å². The van der Waals surface area contributed by atoms with Gasteiger partial charge in [0.05, 0.1) is 11.5 Å². The van der Waals surface area contributed by atoms with E-state index in [1.165, 1.54) is 24.3 Å². The first-order valence-electron chi connectivity index (χ1n) is 4.21. The van der Waals surface area contributed by atoms with Crippen molar-refractivity contribution in [1.29, 1.82) is 0 Å². The minimum atomic E-state index is -3.60. The topological polar surface area (TPSA) is 43.4 Å². The molecule has 0 radical (unpaired) electrons. The minimum Gasteiger partial charge on any atom is -0.266 e. The fourth-order valence-corrected chi connectivity index (χ4v) is 1.98. The molecule has 0 aliphatic rings. The van der Waals surface area contributed by atoms with E-state index in [2.05, 4.69) is 0 Å². The van der Waals surface area contributed by atoms with Crippen LogP contribution in [-0.4, -0.2) is 15.0 Å². The second-order valence-corrected chi connectivity index (χ2v) is 4.78. The van der Waals surface area contributed by atoms with Crippen molar-refractivity contribution in [2.24, 2.45) is 0 Å². The van der Waals surface area contributed by atoms with Crippen LogP contribution in [0.2, 0.25) is 5.02 Å². The Morgan fingerprint density at radius 1 is 1.29 bits per heavy atom. The Balaban J connectivity index is 2.87. The summed E-state index contributed by atoms with van der Waals surface area (Å²) in [5.74, 6) is 0. The Morgan fingerprint density at radius 2 is 1.86 bits per heavy atom. The molecule has 0 spiro atoms. The van der Waals surface area contributed by atoms with Crippen molar-refractivity contribution in [1.82, 2.24) is 0 Å². The first-order valence-corrected chi connectivity index (χ1v) is 6.00. The highest BCUT2D eigenvalue weighted by atomic mass is 35.5. The number of hydrogen-bond acceptors (Lipinski definition) is 3. The zero-order valence-corrected chi connectivity index (χ0v) is 9.31. The van der Waals surface area contributed by atoms with Gasteiger partial charge in [-0.2, -0.15) is 8.42 Å². The van der Waals surface area contributed by atoms with E-state index in [0.717, 1.165) is 0 Å². The molecule has 0 unspecified atom stereocenters. The molecule has 1 rings (SSSR count). The molecule has 0 aliphatic heterocycles. The molecule has 0 aromatic heterocycles. The maximum absolute atomic E-state index is 11.4. The Morgan fingerprint density at radius 3 is 2.36 bits per heavy atom. The maximum atomic E-state index is 11.4. The molecule has 0 atom stereocenters. The van der Waals surface area contributed by atoms with Crippen molar-refractivity contribution >= 4 is 21.7 Å². The molecule has 14 heavy (non-hydrogen) atoms. The molecule has 5 heteroatoms. The largest absolute Gasteiger partial charge is 0.296 e. The summed E-state index contributed by atoms with van der Waals surface area (Å²) >= 11 is 5.63. The normalized spacial score (nSPS) is 11.6. The highest BCUT2D eigenvalue weighted by Crippen LogP contribution is 2.16. The number of rotatable bonds is 4. The summed E-state index contributed by atoms with van der Waals surface area (Å²) < 4.78 is 27.6. The van der Waals surface area contributed by atoms with Crippen LogP contribution in [0.1, 0.15) is 13.3 Å². The fraction of sp³-hybridized carbons (Fsp3) is 0.333. The van der Waals surface area contributed by atoms with Crippen LogP contribution in [0, 0.1) is 0 Å². The van der Waals surface area contributed by atoms with E-state index >= 15 is 0 Å². The summed E-state index contributed by atoms with van der Waals surface area (Å²) in [4.78, 5) is 0.135. The predicted molar refractivity (Wildman–Crippen MR) is 54.9 cm³/mol. The highest BCUT2D eigenvalue weighted by molar-refractivity contribution is 7.86. The Kier molecular flexibility index (Phi) is 3.92. The summed E-state index contributed by atoms with van der Waals surface area (Å²) in [7, 11) is -3.60. The van der Waals surface area contributed by atoms with Crippen molar-refractivity contribution < 1.29 is 12.6 Å². The van der Waals surface area contributed by atoms with Gasteiger partial charge >= 0.3 is 0 Å². The molecule has 0 fully saturated rings. The first-order chi connectivity index (χ1) is 6.56. The molecule has 0 aliphatic carbocycles. The predicted octanol–water partition coefficient (Wildman–Crippen LogP) is 2.46. The lowest BCUT2D eigenvalue weighted by Gasteiger charge is -2.03. The lowest BCUT2D eigenvalue weighted by molar-refractivity contribution is 0.318. The van der Waals surface area contributed by atoms with E-state index in [0.29, 0.717) is 11.4 Å². The van der Waals surface area contributed by atoms with Crippen molar-refractivity contribution in [3.63, 3.8) is 0 Å². The van der Waals surface area contributed by atoms with Crippen LogP contribution in [0.25, 0.3) is 0 Å². The number of benzene rings is 1. The average molecular weight is 235 g/mol. The van der Waals surface area contributed by atoms with Gasteiger partial charge < -0.3 is 0 Å². The highest BCUT2D eigenvalue weighted by Gasteiger charge is 2.13. The van der Waals surface area contributed by atoms with Crippen LogP contribution >= 0.6 is 11.6 Å². The molecule has 0 saturated carbocycles. The van der Waals surface area contributed by atoms with Crippen molar-refractivity contribution in [2.75, 3.05) is 6.61 Å². The smallest absolute Gasteiger partial charge is 0.266 e. The van der Waals surface area contributed by atoms with E-state index in [1.54, 1.807) is 0 Å². The molecule has 1 aromatic carbocycles. The third kappa shape index (κ3) is 2.97. The van der Waals surface area contributed by atoms with Crippen LogP contribution in [0.5, 0.6) is 0 Å². The summed E-state index contributed by atoms with van der Waals surface area (Å²) in [6.45, 7) is 2.04. The Bertz CT molecular complexity index is 383. The molecular formula is C9H11ClO3S. The molecule has 0 saturated heterocycles. The van der Waals surface area contributed by atoms with Crippen LogP contribution in [-0.2, 0) is 14.3 Å². The maximum Gasteiger partial charge on any atom is 0.296 e. The van der Waals surface area contributed by atoms with Gasteiger partial charge in [0, 0.05) is 5.02 Å². The van der Waals surface area contributed by atoms with Gasteiger partial charge in [-0.05, 0) is 30.7 Å². The molecule has 78 valence electrons. The summed E-state index contributed by atoms with van der Waals surface area (Å²) in [5, 5.41) is 0.499. The quantitative estimate of drug-likeness (QED) is 0.752. The lowest BCUT2D eigenvalue weighted by Crippen LogP contribution is -2.06. The molecule has 0 bridgehead atoms. The van der Waals surface area contributed by atoms with Gasteiger partial charge in [0.2, 0.25) is 0 Å². The van der Waals surface area contributed by atoms with E-state index in [4.69, 9.17) is 15.8 Å². The average Bonchev–Trinajstić information content (AvgIpc) is 2.16.